The molecule has 0 amide bonds. The predicted octanol–water partition coefficient (Wildman–Crippen LogP) is 6.47. The van der Waals surface area contributed by atoms with Crippen LogP contribution in [0.15, 0.2) is 49.2 Å². The number of rotatable bonds is 8. The molecule has 0 fully saturated rings. The van der Waals surface area contributed by atoms with E-state index in [4.69, 9.17) is 9.72 Å². The summed E-state index contributed by atoms with van der Waals surface area (Å²) in [6.07, 6.45) is 7.50. The standard InChI is InChI=1S/C24H24F2N2O/c1-4-6-7-8-19-15-27-22(18-13-20(25)24(29-3)21(26)14-18)23(28-19)17-11-9-16(5-2)10-12-17/h5,9-15H,2,4,6-8H2,1,3H3. The lowest BCUT2D eigenvalue weighted by molar-refractivity contribution is 0.360. The first-order chi connectivity index (χ1) is 14.1. The van der Waals surface area contributed by atoms with Gasteiger partial charge in [0.2, 0.25) is 0 Å². The molecule has 0 radical (unpaired) electrons. The Morgan fingerprint density at radius 2 is 1.69 bits per heavy atom. The molecule has 0 aliphatic rings. The molecule has 3 aromatic rings. The summed E-state index contributed by atoms with van der Waals surface area (Å²) in [5.41, 5.74) is 4.00. The van der Waals surface area contributed by atoms with Gasteiger partial charge in [0.25, 0.3) is 0 Å². The summed E-state index contributed by atoms with van der Waals surface area (Å²) in [6.45, 7) is 5.91. The lowest BCUT2D eigenvalue weighted by Gasteiger charge is -2.12. The maximum Gasteiger partial charge on any atom is 0.190 e. The zero-order chi connectivity index (χ0) is 20.8. The van der Waals surface area contributed by atoms with E-state index in [0.29, 0.717) is 17.0 Å². The Hall–Kier alpha value is -3.08. The molecule has 0 saturated heterocycles. The number of halogens is 2. The van der Waals surface area contributed by atoms with E-state index in [1.807, 2.05) is 24.3 Å². The molecule has 29 heavy (non-hydrogen) atoms. The van der Waals surface area contributed by atoms with Crippen molar-refractivity contribution in [3.05, 3.63) is 72.1 Å². The molecular weight excluding hydrogens is 370 g/mol. The fraction of sp³-hybridized carbons (Fsp3) is 0.250. The van der Waals surface area contributed by atoms with Gasteiger partial charge >= 0.3 is 0 Å². The second kappa shape index (κ2) is 9.41. The van der Waals surface area contributed by atoms with Crippen molar-refractivity contribution in [2.75, 3.05) is 7.11 Å². The number of unbranched alkanes of at least 4 members (excludes halogenated alkanes) is 2. The van der Waals surface area contributed by atoms with Gasteiger partial charge in [0.1, 0.15) is 0 Å². The molecule has 0 aliphatic carbocycles. The molecule has 0 unspecified atom stereocenters. The molecule has 3 nitrogen and oxygen atoms in total. The summed E-state index contributed by atoms with van der Waals surface area (Å²) in [4.78, 5) is 9.31. The van der Waals surface area contributed by atoms with Crippen molar-refractivity contribution in [1.29, 1.82) is 0 Å². The smallest absolute Gasteiger partial charge is 0.190 e. The number of aryl methyl sites for hydroxylation is 1. The molecule has 3 rings (SSSR count). The summed E-state index contributed by atoms with van der Waals surface area (Å²) in [5, 5.41) is 0. The van der Waals surface area contributed by atoms with Crippen LogP contribution >= 0.6 is 0 Å². The van der Waals surface area contributed by atoms with Crippen LogP contribution in [0.4, 0.5) is 8.78 Å². The largest absolute Gasteiger partial charge is 0.491 e. The fourth-order valence-corrected chi connectivity index (χ4v) is 3.18. The van der Waals surface area contributed by atoms with Crippen LogP contribution < -0.4 is 4.74 Å². The van der Waals surface area contributed by atoms with Gasteiger partial charge in [0.05, 0.1) is 24.2 Å². The Balaban J connectivity index is 2.11. The van der Waals surface area contributed by atoms with E-state index in [-0.39, 0.29) is 0 Å². The number of methoxy groups -OCH3 is 1. The number of ether oxygens (including phenoxy) is 1. The van der Waals surface area contributed by atoms with Gasteiger partial charge < -0.3 is 4.74 Å². The van der Waals surface area contributed by atoms with E-state index in [1.54, 1.807) is 12.3 Å². The molecule has 2 aromatic carbocycles. The van der Waals surface area contributed by atoms with Crippen LogP contribution in [0.1, 0.15) is 37.4 Å². The van der Waals surface area contributed by atoms with Gasteiger partial charge in [-0.3, -0.25) is 4.98 Å². The third kappa shape index (κ3) is 4.67. The number of hydrogen-bond donors (Lipinski definition) is 0. The average molecular weight is 394 g/mol. The van der Waals surface area contributed by atoms with Gasteiger partial charge in [-0.25, -0.2) is 13.8 Å². The van der Waals surface area contributed by atoms with Crippen LogP contribution in [0.3, 0.4) is 0 Å². The normalized spacial score (nSPS) is 10.8. The molecule has 5 heteroatoms. The van der Waals surface area contributed by atoms with E-state index in [0.717, 1.165) is 42.5 Å². The first-order valence-corrected chi connectivity index (χ1v) is 9.69. The first-order valence-electron chi connectivity index (χ1n) is 9.69. The Labute approximate surface area is 170 Å². The Morgan fingerprint density at radius 1 is 1.00 bits per heavy atom. The third-order valence-corrected chi connectivity index (χ3v) is 4.75. The van der Waals surface area contributed by atoms with E-state index in [9.17, 15) is 8.78 Å². The Morgan fingerprint density at radius 3 is 2.28 bits per heavy atom. The molecule has 0 bridgehead atoms. The lowest BCUT2D eigenvalue weighted by Crippen LogP contribution is -2.01. The molecule has 0 atom stereocenters. The Kier molecular flexibility index (Phi) is 6.70. The summed E-state index contributed by atoms with van der Waals surface area (Å²) < 4.78 is 33.4. The van der Waals surface area contributed by atoms with Gasteiger partial charge in [0.15, 0.2) is 17.4 Å². The molecule has 1 heterocycles. The minimum Gasteiger partial charge on any atom is -0.491 e. The molecule has 150 valence electrons. The molecule has 1 aromatic heterocycles. The van der Waals surface area contributed by atoms with E-state index in [2.05, 4.69) is 18.5 Å². The quantitative estimate of drug-likeness (QED) is 0.411. The maximum atomic E-state index is 14.3. The van der Waals surface area contributed by atoms with Crippen LogP contribution in [0, 0.1) is 11.6 Å². The molecular formula is C24H24F2N2O. The van der Waals surface area contributed by atoms with Crippen molar-refractivity contribution in [2.24, 2.45) is 0 Å². The van der Waals surface area contributed by atoms with Crippen LogP contribution in [0.5, 0.6) is 5.75 Å². The minimum atomic E-state index is -0.774. The second-order valence-electron chi connectivity index (χ2n) is 6.81. The highest BCUT2D eigenvalue weighted by Gasteiger charge is 2.18. The van der Waals surface area contributed by atoms with Crippen LogP contribution in [0.25, 0.3) is 28.6 Å². The SMILES string of the molecule is C=Cc1ccc(-c2nc(CCCCC)cnc2-c2cc(F)c(OC)c(F)c2)cc1. The number of hydrogen-bond acceptors (Lipinski definition) is 3. The first kappa shape index (κ1) is 20.6. The second-order valence-corrected chi connectivity index (χ2v) is 6.81. The van der Waals surface area contributed by atoms with E-state index < -0.39 is 17.4 Å². The third-order valence-electron chi connectivity index (χ3n) is 4.75. The van der Waals surface area contributed by atoms with Gasteiger partial charge in [-0.15, -0.1) is 0 Å². The summed E-state index contributed by atoms with van der Waals surface area (Å²) in [7, 11) is 1.23. The predicted molar refractivity (Wildman–Crippen MR) is 113 cm³/mol. The maximum absolute atomic E-state index is 14.3. The van der Waals surface area contributed by atoms with Crippen molar-refractivity contribution in [3.63, 3.8) is 0 Å². The van der Waals surface area contributed by atoms with E-state index >= 15 is 0 Å². The molecule has 0 aliphatic heterocycles. The number of benzene rings is 2. The van der Waals surface area contributed by atoms with Crippen LogP contribution in [0.2, 0.25) is 0 Å². The van der Waals surface area contributed by atoms with Crippen LogP contribution in [-0.2, 0) is 6.42 Å². The zero-order valence-corrected chi connectivity index (χ0v) is 16.7. The molecule has 0 spiro atoms. The summed E-state index contributed by atoms with van der Waals surface area (Å²) in [6, 6.07) is 10.1. The highest BCUT2D eigenvalue weighted by atomic mass is 19.1. The van der Waals surface area contributed by atoms with Crippen molar-refractivity contribution >= 4 is 6.08 Å². The summed E-state index contributed by atoms with van der Waals surface area (Å²) in [5.74, 6) is -1.96. The van der Waals surface area contributed by atoms with Crippen molar-refractivity contribution in [2.45, 2.75) is 32.6 Å². The van der Waals surface area contributed by atoms with Crippen molar-refractivity contribution < 1.29 is 13.5 Å². The van der Waals surface area contributed by atoms with Gasteiger partial charge in [0, 0.05) is 17.3 Å². The highest BCUT2D eigenvalue weighted by Crippen LogP contribution is 2.33. The van der Waals surface area contributed by atoms with Gasteiger partial charge in [-0.2, -0.15) is 0 Å². The topological polar surface area (TPSA) is 35.0 Å². The summed E-state index contributed by atoms with van der Waals surface area (Å²) >= 11 is 0. The lowest BCUT2D eigenvalue weighted by atomic mass is 10.0. The fourth-order valence-electron chi connectivity index (χ4n) is 3.18. The number of nitrogens with zero attached hydrogens (tertiary/aromatic N) is 2. The zero-order valence-electron chi connectivity index (χ0n) is 16.7. The van der Waals surface area contributed by atoms with Gasteiger partial charge in [-0.05, 0) is 30.5 Å². The monoisotopic (exact) mass is 394 g/mol. The highest BCUT2D eigenvalue weighted by molar-refractivity contribution is 5.78. The molecule has 0 N–H and O–H groups in total. The number of aromatic nitrogens is 2. The molecule has 0 saturated carbocycles. The Bertz CT molecular complexity index is 977. The van der Waals surface area contributed by atoms with Gasteiger partial charge in [-0.1, -0.05) is 56.7 Å². The van der Waals surface area contributed by atoms with Crippen molar-refractivity contribution in [1.82, 2.24) is 9.97 Å². The average Bonchev–Trinajstić information content (AvgIpc) is 2.73. The van der Waals surface area contributed by atoms with Crippen LogP contribution in [-0.4, -0.2) is 17.1 Å². The van der Waals surface area contributed by atoms with E-state index in [1.165, 1.54) is 19.2 Å². The van der Waals surface area contributed by atoms with Crippen molar-refractivity contribution in [3.8, 4) is 28.3 Å². The minimum absolute atomic E-state index is 0.316.